The van der Waals surface area contributed by atoms with Gasteiger partial charge in [-0.25, -0.2) is 4.89 Å². The van der Waals surface area contributed by atoms with Gasteiger partial charge in [-0.15, -0.1) is 0 Å². The molecule has 0 saturated carbocycles. The highest BCUT2D eigenvalue weighted by Gasteiger charge is 1.88. The molecule has 0 aliphatic rings. The Morgan fingerprint density at radius 3 is 2.20 bits per heavy atom. The van der Waals surface area contributed by atoms with Crippen molar-refractivity contribution in [2.75, 3.05) is 6.61 Å². The fourth-order valence-corrected chi connectivity index (χ4v) is 0.941. The molecule has 0 aromatic rings. The molecule has 61 valence electrons. The van der Waals surface area contributed by atoms with Crippen LogP contribution in [0.4, 0.5) is 0 Å². The molecule has 2 nitrogen and oxygen atoms in total. The summed E-state index contributed by atoms with van der Waals surface area (Å²) in [5, 5.41) is 9.52. The zero-order valence-corrected chi connectivity index (χ0v) is 6.77. The largest absolute Gasteiger partial charge is 0.204 e. The summed E-state index contributed by atoms with van der Waals surface area (Å²) in [6.07, 6.45) is 7.21. The molecular formula is C8H17O2. The van der Waals surface area contributed by atoms with Gasteiger partial charge in [0, 0.05) is 0 Å². The molecule has 1 radical (unpaired) electrons. The average Bonchev–Trinajstić information content (AvgIpc) is 1.97. The molecule has 0 amide bonds. The van der Waals surface area contributed by atoms with Crippen molar-refractivity contribution in [3.63, 3.8) is 0 Å². The summed E-state index contributed by atoms with van der Waals surface area (Å²) < 4.78 is 0. The zero-order valence-electron chi connectivity index (χ0n) is 6.77. The molecule has 0 fully saturated rings. The van der Waals surface area contributed by atoms with Crippen molar-refractivity contribution < 1.29 is 10.1 Å². The molecule has 0 spiro atoms. The Labute approximate surface area is 63.1 Å². The fourth-order valence-electron chi connectivity index (χ4n) is 0.941. The van der Waals surface area contributed by atoms with Crippen LogP contribution in [0.5, 0.6) is 0 Å². The van der Waals surface area contributed by atoms with E-state index in [1.54, 1.807) is 0 Å². The highest BCUT2D eigenvalue weighted by atomic mass is 17.1. The maximum absolute atomic E-state index is 9.52. The van der Waals surface area contributed by atoms with Gasteiger partial charge >= 0.3 is 0 Å². The van der Waals surface area contributed by atoms with Crippen LogP contribution < -0.4 is 0 Å². The molecule has 0 aliphatic carbocycles. The number of rotatable bonds is 7. The minimum atomic E-state index is 0.381. The summed E-state index contributed by atoms with van der Waals surface area (Å²) in [6.45, 7) is 2.58. The number of hydrogen-bond acceptors (Lipinski definition) is 1. The molecule has 0 bridgehead atoms. The first-order valence-corrected chi connectivity index (χ1v) is 4.16. The van der Waals surface area contributed by atoms with E-state index in [1.807, 2.05) is 0 Å². The molecule has 0 aromatic heterocycles. The SMILES string of the molecule is CCCCCCCCO[O]. The summed E-state index contributed by atoms with van der Waals surface area (Å²) in [4.78, 5) is 3.70. The van der Waals surface area contributed by atoms with Crippen LogP contribution in [0.15, 0.2) is 0 Å². The Balaban J connectivity index is 2.65. The van der Waals surface area contributed by atoms with E-state index in [-0.39, 0.29) is 0 Å². The lowest BCUT2D eigenvalue weighted by Crippen LogP contribution is -1.87. The van der Waals surface area contributed by atoms with Gasteiger partial charge in [-0.2, -0.15) is 0 Å². The van der Waals surface area contributed by atoms with Crippen LogP contribution >= 0.6 is 0 Å². The van der Waals surface area contributed by atoms with E-state index >= 15 is 0 Å². The molecular weight excluding hydrogens is 128 g/mol. The first-order chi connectivity index (χ1) is 4.91. The molecule has 0 atom stereocenters. The van der Waals surface area contributed by atoms with Crippen LogP contribution in [0.3, 0.4) is 0 Å². The Morgan fingerprint density at radius 1 is 1.00 bits per heavy atom. The van der Waals surface area contributed by atoms with Gasteiger partial charge in [-0.3, -0.25) is 0 Å². The lowest BCUT2D eigenvalue weighted by atomic mass is 10.1. The fraction of sp³-hybridized carbons (Fsp3) is 1.00. The molecule has 0 aromatic carbocycles. The minimum absolute atomic E-state index is 0.381. The molecule has 0 heterocycles. The Bertz CT molecular complexity index is 47.2. The topological polar surface area (TPSA) is 29.1 Å². The Hall–Kier alpha value is -0.0800. The van der Waals surface area contributed by atoms with Gasteiger partial charge in [-0.05, 0) is 11.7 Å². The summed E-state index contributed by atoms with van der Waals surface area (Å²) in [6, 6.07) is 0. The molecule has 0 N–H and O–H groups in total. The predicted molar refractivity (Wildman–Crippen MR) is 40.0 cm³/mol. The summed E-state index contributed by atoms with van der Waals surface area (Å²) in [5.74, 6) is 0. The third-order valence-corrected chi connectivity index (χ3v) is 1.58. The van der Waals surface area contributed by atoms with Crippen LogP contribution in [-0.4, -0.2) is 6.61 Å². The molecule has 0 aliphatic heterocycles. The quantitative estimate of drug-likeness (QED) is 0.307. The summed E-state index contributed by atoms with van der Waals surface area (Å²) in [5.41, 5.74) is 0. The van der Waals surface area contributed by atoms with Gasteiger partial charge in [-0.1, -0.05) is 39.0 Å². The summed E-state index contributed by atoms with van der Waals surface area (Å²) >= 11 is 0. The first-order valence-electron chi connectivity index (χ1n) is 4.16. The van der Waals surface area contributed by atoms with Crippen molar-refractivity contribution in [3.8, 4) is 0 Å². The first kappa shape index (κ1) is 9.92. The van der Waals surface area contributed by atoms with Crippen molar-refractivity contribution in [1.82, 2.24) is 0 Å². The second-order valence-electron chi connectivity index (χ2n) is 2.59. The van der Waals surface area contributed by atoms with Gasteiger partial charge < -0.3 is 0 Å². The highest BCUT2D eigenvalue weighted by molar-refractivity contribution is 4.41. The predicted octanol–water partition coefficient (Wildman–Crippen LogP) is 2.71. The van der Waals surface area contributed by atoms with Crippen LogP contribution in [0.2, 0.25) is 0 Å². The van der Waals surface area contributed by atoms with Crippen molar-refractivity contribution >= 4 is 0 Å². The maximum Gasteiger partial charge on any atom is 0.0854 e. The van der Waals surface area contributed by atoms with Crippen molar-refractivity contribution in [2.24, 2.45) is 0 Å². The molecule has 2 heteroatoms. The number of hydrogen-bond donors (Lipinski definition) is 0. The summed E-state index contributed by atoms with van der Waals surface area (Å²) in [7, 11) is 0. The lowest BCUT2D eigenvalue weighted by Gasteiger charge is -1.96. The minimum Gasteiger partial charge on any atom is -0.204 e. The van der Waals surface area contributed by atoms with E-state index < -0.39 is 0 Å². The lowest BCUT2D eigenvalue weighted by molar-refractivity contribution is -0.303. The van der Waals surface area contributed by atoms with Gasteiger partial charge in [0.2, 0.25) is 0 Å². The highest BCUT2D eigenvalue weighted by Crippen LogP contribution is 2.04. The Kier molecular flexibility index (Phi) is 8.85. The van der Waals surface area contributed by atoms with Crippen LogP contribution in [0.1, 0.15) is 45.4 Å². The van der Waals surface area contributed by atoms with Crippen LogP contribution in [-0.2, 0) is 10.1 Å². The normalized spacial score (nSPS) is 10.2. The van der Waals surface area contributed by atoms with Gasteiger partial charge in [0.15, 0.2) is 0 Å². The van der Waals surface area contributed by atoms with Crippen LogP contribution in [0, 0.1) is 0 Å². The third kappa shape index (κ3) is 7.92. The van der Waals surface area contributed by atoms with E-state index in [0.717, 1.165) is 12.8 Å². The van der Waals surface area contributed by atoms with Crippen LogP contribution in [0.25, 0.3) is 0 Å². The van der Waals surface area contributed by atoms with E-state index in [4.69, 9.17) is 0 Å². The zero-order chi connectivity index (χ0) is 7.66. The van der Waals surface area contributed by atoms with E-state index in [9.17, 15) is 5.26 Å². The number of unbranched alkanes of at least 4 members (excludes halogenated alkanes) is 5. The molecule has 0 unspecified atom stereocenters. The second kappa shape index (κ2) is 8.92. The smallest absolute Gasteiger partial charge is 0.0854 e. The molecule has 10 heavy (non-hydrogen) atoms. The Morgan fingerprint density at radius 2 is 1.60 bits per heavy atom. The second-order valence-corrected chi connectivity index (χ2v) is 2.59. The van der Waals surface area contributed by atoms with Crippen molar-refractivity contribution in [2.45, 2.75) is 45.4 Å². The van der Waals surface area contributed by atoms with E-state index in [1.165, 1.54) is 25.7 Å². The van der Waals surface area contributed by atoms with E-state index in [0.29, 0.717) is 6.61 Å². The van der Waals surface area contributed by atoms with Crippen molar-refractivity contribution in [1.29, 1.82) is 0 Å². The third-order valence-electron chi connectivity index (χ3n) is 1.58. The van der Waals surface area contributed by atoms with Gasteiger partial charge in [0.1, 0.15) is 0 Å². The van der Waals surface area contributed by atoms with Crippen molar-refractivity contribution in [3.05, 3.63) is 0 Å². The van der Waals surface area contributed by atoms with Gasteiger partial charge in [0.25, 0.3) is 0 Å². The standard InChI is InChI=1S/C8H17O2/c1-2-3-4-5-6-7-8-10-9/h2-8H2,1H3. The van der Waals surface area contributed by atoms with Gasteiger partial charge in [0.05, 0.1) is 6.61 Å². The molecule has 0 rings (SSSR count). The van der Waals surface area contributed by atoms with E-state index in [2.05, 4.69) is 11.8 Å². The average molecular weight is 145 g/mol. The molecule has 0 saturated heterocycles. The maximum atomic E-state index is 9.52. The monoisotopic (exact) mass is 145 g/mol.